The summed E-state index contributed by atoms with van der Waals surface area (Å²) in [5, 5.41) is 9.73. The van der Waals surface area contributed by atoms with E-state index in [9.17, 15) is 9.90 Å². The van der Waals surface area contributed by atoms with E-state index >= 15 is 0 Å². The molecule has 5 heteroatoms. The van der Waals surface area contributed by atoms with Crippen LogP contribution in [0, 0.1) is 0 Å². The summed E-state index contributed by atoms with van der Waals surface area (Å²) in [7, 11) is 3.15. The van der Waals surface area contributed by atoms with Gasteiger partial charge in [0.2, 0.25) is 0 Å². The van der Waals surface area contributed by atoms with Crippen molar-refractivity contribution in [3.05, 3.63) is 17.7 Å². The quantitative estimate of drug-likeness (QED) is 0.845. The highest BCUT2D eigenvalue weighted by Gasteiger charge is 2.45. The first kappa shape index (κ1) is 15.0. The molecule has 4 nitrogen and oxygen atoms in total. The van der Waals surface area contributed by atoms with E-state index < -0.39 is 11.4 Å². The van der Waals surface area contributed by atoms with Crippen molar-refractivity contribution in [2.75, 3.05) is 20.5 Å². The van der Waals surface area contributed by atoms with E-state index in [1.165, 1.54) is 0 Å². The smallest absolute Gasteiger partial charge is 0.314 e. The summed E-state index contributed by atoms with van der Waals surface area (Å²) in [5.41, 5.74) is -0.102. The van der Waals surface area contributed by atoms with Gasteiger partial charge in [-0.1, -0.05) is 18.9 Å². The molecular weight excluding hydrogens is 276 g/mol. The van der Waals surface area contributed by atoms with Crippen molar-refractivity contribution >= 4 is 17.7 Å². The third kappa shape index (κ3) is 2.24. The molecule has 2 rings (SSSR count). The molecule has 0 amide bonds. The number of hydrogen-bond acceptors (Lipinski definition) is 4. The monoisotopic (exact) mass is 296 g/mol. The van der Waals surface area contributed by atoms with Crippen LogP contribution in [0.25, 0.3) is 0 Å². The number of ether oxygens (including phenoxy) is 2. The van der Waals surface area contributed by atoms with Crippen molar-refractivity contribution in [1.82, 2.24) is 0 Å². The fraction of sp³-hybridized carbons (Fsp3) is 0.533. The Balaban J connectivity index is 2.64. The number of carboxylic acids is 1. The summed E-state index contributed by atoms with van der Waals surface area (Å²) in [6.07, 6.45) is 5.13. The Kier molecular flexibility index (Phi) is 4.48. The Hall–Kier alpha value is -1.36. The van der Waals surface area contributed by atoms with Crippen LogP contribution >= 0.6 is 11.8 Å². The summed E-state index contributed by atoms with van der Waals surface area (Å²) >= 11 is 1.56. The fourth-order valence-corrected chi connectivity index (χ4v) is 3.62. The predicted molar refractivity (Wildman–Crippen MR) is 79.1 cm³/mol. The van der Waals surface area contributed by atoms with Crippen LogP contribution in [0.15, 0.2) is 17.0 Å². The molecule has 0 atom stereocenters. The lowest BCUT2D eigenvalue weighted by molar-refractivity contribution is -0.143. The zero-order chi connectivity index (χ0) is 14.8. The van der Waals surface area contributed by atoms with Gasteiger partial charge in [0.25, 0.3) is 0 Å². The zero-order valence-electron chi connectivity index (χ0n) is 12.1. The van der Waals surface area contributed by atoms with Crippen LogP contribution in [-0.4, -0.2) is 31.6 Å². The van der Waals surface area contributed by atoms with Crippen molar-refractivity contribution in [2.24, 2.45) is 0 Å². The number of hydrogen-bond donors (Lipinski definition) is 1. The molecule has 0 bridgehead atoms. The van der Waals surface area contributed by atoms with Crippen LogP contribution in [0.5, 0.6) is 11.5 Å². The van der Waals surface area contributed by atoms with E-state index in [0.29, 0.717) is 24.3 Å². The Morgan fingerprint density at radius 2 is 1.80 bits per heavy atom. The number of carbonyl (C=O) groups is 1. The van der Waals surface area contributed by atoms with Crippen molar-refractivity contribution in [1.29, 1.82) is 0 Å². The minimum absolute atomic E-state index is 0.559. The van der Waals surface area contributed by atoms with Crippen molar-refractivity contribution in [2.45, 2.75) is 36.0 Å². The van der Waals surface area contributed by atoms with Gasteiger partial charge < -0.3 is 14.6 Å². The van der Waals surface area contributed by atoms with Gasteiger partial charge in [0.1, 0.15) is 0 Å². The number of aliphatic carboxylic acids is 1. The Morgan fingerprint density at radius 3 is 2.25 bits per heavy atom. The van der Waals surface area contributed by atoms with E-state index in [4.69, 9.17) is 9.47 Å². The molecule has 0 aromatic heterocycles. The summed E-state index contributed by atoms with van der Waals surface area (Å²) in [5.74, 6) is 0.418. The van der Waals surface area contributed by atoms with Gasteiger partial charge in [-0.25, -0.2) is 0 Å². The van der Waals surface area contributed by atoms with E-state index in [1.807, 2.05) is 18.4 Å². The van der Waals surface area contributed by atoms with Gasteiger partial charge in [0.15, 0.2) is 11.5 Å². The van der Waals surface area contributed by atoms with Crippen molar-refractivity contribution < 1.29 is 19.4 Å². The Bertz CT molecular complexity index is 507. The van der Waals surface area contributed by atoms with Gasteiger partial charge >= 0.3 is 5.97 Å². The Labute approximate surface area is 123 Å². The van der Waals surface area contributed by atoms with Gasteiger partial charge in [0.05, 0.1) is 24.5 Å². The molecule has 1 aliphatic rings. The third-order valence-corrected chi connectivity index (χ3v) is 4.85. The summed E-state index contributed by atoms with van der Waals surface area (Å²) < 4.78 is 10.9. The van der Waals surface area contributed by atoms with E-state index in [-0.39, 0.29) is 0 Å². The summed E-state index contributed by atoms with van der Waals surface area (Å²) in [6.45, 7) is 0. The van der Waals surface area contributed by atoms with Crippen molar-refractivity contribution in [3.8, 4) is 11.5 Å². The van der Waals surface area contributed by atoms with Gasteiger partial charge in [0, 0.05) is 5.56 Å². The first-order valence-electron chi connectivity index (χ1n) is 6.63. The molecule has 20 heavy (non-hydrogen) atoms. The summed E-state index contributed by atoms with van der Waals surface area (Å²) in [4.78, 5) is 12.8. The van der Waals surface area contributed by atoms with E-state index in [1.54, 1.807) is 26.0 Å². The molecule has 0 spiro atoms. The average Bonchev–Trinajstić information content (AvgIpc) is 2.96. The second kappa shape index (κ2) is 5.95. The minimum Gasteiger partial charge on any atom is -0.492 e. The molecule has 1 aromatic carbocycles. The number of benzene rings is 1. The molecule has 1 aromatic rings. The number of carboxylic acid groups (broad SMARTS) is 1. The zero-order valence-corrected chi connectivity index (χ0v) is 12.9. The highest BCUT2D eigenvalue weighted by Crippen LogP contribution is 2.49. The minimum atomic E-state index is -0.838. The predicted octanol–water partition coefficient (Wildman–Crippen LogP) is 3.32. The second-order valence-corrected chi connectivity index (χ2v) is 5.82. The van der Waals surface area contributed by atoms with Crippen molar-refractivity contribution in [3.63, 3.8) is 0 Å². The number of rotatable bonds is 5. The molecule has 0 aliphatic heterocycles. The van der Waals surface area contributed by atoms with Crippen LogP contribution in [0.4, 0.5) is 0 Å². The van der Waals surface area contributed by atoms with Gasteiger partial charge in [-0.05, 0) is 25.2 Å². The first-order valence-corrected chi connectivity index (χ1v) is 7.86. The van der Waals surface area contributed by atoms with Crippen LogP contribution in [0.3, 0.4) is 0 Å². The SMILES string of the molecule is COc1c(SC)ccc(C2(C(=O)O)CCCC2)c1OC. The van der Waals surface area contributed by atoms with Gasteiger partial charge in [-0.2, -0.15) is 0 Å². The molecular formula is C15H20O4S. The molecule has 1 N–H and O–H groups in total. The molecule has 1 saturated carbocycles. The van der Waals surface area contributed by atoms with Crippen LogP contribution in [0.1, 0.15) is 31.2 Å². The molecule has 1 aliphatic carbocycles. The lowest BCUT2D eigenvalue weighted by Gasteiger charge is -2.27. The third-order valence-electron chi connectivity index (χ3n) is 4.09. The van der Waals surface area contributed by atoms with Crippen LogP contribution in [-0.2, 0) is 10.2 Å². The average molecular weight is 296 g/mol. The van der Waals surface area contributed by atoms with Gasteiger partial charge in [-0.3, -0.25) is 4.79 Å². The highest BCUT2D eigenvalue weighted by atomic mass is 32.2. The lowest BCUT2D eigenvalue weighted by Crippen LogP contribution is -2.33. The molecule has 1 fully saturated rings. The maximum Gasteiger partial charge on any atom is 0.314 e. The highest BCUT2D eigenvalue weighted by molar-refractivity contribution is 7.98. The van der Waals surface area contributed by atoms with E-state index in [2.05, 4.69) is 0 Å². The molecule has 110 valence electrons. The second-order valence-electron chi connectivity index (χ2n) is 4.98. The molecule has 0 heterocycles. The molecule has 0 radical (unpaired) electrons. The summed E-state index contributed by atoms with van der Waals surface area (Å²) in [6, 6.07) is 3.80. The van der Waals surface area contributed by atoms with Crippen LogP contribution < -0.4 is 9.47 Å². The normalized spacial score (nSPS) is 16.9. The fourth-order valence-electron chi connectivity index (χ4n) is 3.06. The number of thioether (sulfide) groups is 1. The topological polar surface area (TPSA) is 55.8 Å². The largest absolute Gasteiger partial charge is 0.492 e. The van der Waals surface area contributed by atoms with E-state index in [0.717, 1.165) is 23.3 Å². The van der Waals surface area contributed by atoms with Crippen LogP contribution in [0.2, 0.25) is 0 Å². The standard InChI is InChI=1S/C15H20O4S/c1-18-12-10(6-7-11(20-3)13(12)19-2)15(14(16)17)8-4-5-9-15/h6-7H,4-5,8-9H2,1-3H3,(H,16,17). The maximum atomic E-state index is 11.8. The maximum absolute atomic E-state index is 11.8. The Morgan fingerprint density at radius 1 is 1.20 bits per heavy atom. The molecule has 0 saturated heterocycles. The lowest BCUT2D eigenvalue weighted by atomic mass is 9.78. The van der Waals surface area contributed by atoms with Gasteiger partial charge in [-0.15, -0.1) is 11.8 Å². The molecule has 0 unspecified atom stereocenters. The number of methoxy groups -OCH3 is 2. The first-order chi connectivity index (χ1) is 9.60.